The molecule has 0 aromatic carbocycles. The summed E-state index contributed by atoms with van der Waals surface area (Å²) in [6.45, 7) is 0.317. The van der Waals surface area contributed by atoms with E-state index in [0.29, 0.717) is 0 Å². The Bertz CT molecular complexity index is 1540. The van der Waals surface area contributed by atoms with Crippen LogP contribution in [-0.4, -0.2) is 229 Å². The Morgan fingerprint density at radius 2 is 1.54 bits per heavy atom. The zero-order valence-electron chi connectivity index (χ0n) is 35.2. The maximum Gasteiger partial charge on any atom is 1.00 e. The molecule has 3 aliphatic rings. The molecule has 0 radical (unpaired) electrons. The Hall–Kier alpha value is -2.27. The molecule has 3 fully saturated rings. The number of halogens is 3. The first-order valence-electron chi connectivity index (χ1n) is 19.9. The van der Waals surface area contributed by atoms with Gasteiger partial charge in [-0.1, -0.05) is 12.5 Å². The van der Waals surface area contributed by atoms with Gasteiger partial charge in [-0.25, -0.2) is 0 Å². The van der Waals surface area contributed by atoms with E-state index in [4.69, 9.17) is 28.4 Å². The molecule has 3 saturated heterocycles. The third-order valence-electron chi connectivity index (χ3n) is 10.5. The molecule has 0 saturated carbocycles. The Labute approximate surface area is 390 Å². The van der Waals surface area contributed by atoms with Crippen LogP contribution >= 0.6 is 0 Å². The molecule has 0 unspecified atom stereocenters. The molecule has 370 valence electrons. The van der Waals surface area contributed by atoms with Crippen molar-refractivity contribution in [1.82, 2.24) is 16.0 Å². The van der Waals surface area contributed by atoms with Crippen molar-refractivity contribution in [1.29, 1.82) is 0 Å². The van der Waals surface area contributed by atoms with E-state index >= 15 is 0 Å². The number of aliphatic hydroxyl groups is 11. The standard InChI is InChI=1S/C36H58F3N3O22.Na/c1-3-16(47)15(42-21(50)7-5-4-6-8-40-33(56)36(37,38)39)13-59-31-26(54)25(53)28(20(12-45)61-31)62-32-27(55)30(24(52)19(11-44)60-32)64-35(34(57)58)9-17(48)22(41-14(2)46)29(63-35)23(51)18(49)10-43;/h3,15-20,22-32,43-45,47-49,51-55H,1,4-13H2,2H3,(H,40,56)(H,41,46)(H,42,50)(H,57,58);/q;+1/p-1/t15-,16+,17-,18+,19+,20+,22+,23+,24-,25+,26+,27+,28+,29+,30-,31+,32-,35-;/m0./s1. The number of alkyl halides is 3. The zero-order valence-corrected chi connectivity index (χ0v) is 37.2. The Morgan fingerprint density at radius 1 is 0.908 bits per heavy atom. The average Bonchev–Trinajstić information content (AvgIpc) is 3.24. The number of hydrogen-bond donors (Lipinski definition) is 14. The van der Waals surface area contributed by atoms with Crippen molar-refractivity contribution < 1.29 is 152 Å². The summed E-state index contributed by atoms with van der Waals surface area (Å²) in [4.78, 5) is 48.1. The molecule has 18 atom stereocenters. The molecular weight excluding hydrogens is 906 g/mol. The maximum atomic E-state index is 12.7. The molecule has 65 heavy (non-hydrogen) atoms. The minimum atomic E-state index is -5.04. The van der Waals surface area contributed by atoms with E-state index < -0.39 is 173 Å². The SMILES string of the molecule is C=C[C@@H](O)[C@H](CO[C@@H]1O[C@H](CO)[C@@H](O[C@@H]2O[C@H](CO)[C@H](O)[C@H](O[C@]3(C(=O)[O-])C[C@H](O)[C@@H](NC(C)=O)[C@H]([C@H](O)[C@H](O)CO)O3)[C@H]2O)[C@H](O)[C@H]1O)NC(=O)CCCCCNC(=O)C(F)(F)F.[Na+]. The van der Waals surface area contributed by atoms with Crippen LogP contribution in [0.3, 0.4) is 0 Å². The molecular formula is C36H57F3N3NaO22. The fourth-order valence-electron chi connectivity index (χ4n) is 7.03. The smallest absolute Gasteiger partial charge is 0.544 e. The number of carboxylic acids is 1. The predicted octanol–water partition coefficient (Wildman–Crippen LogP) is -11.3. The molecule has 0 aromatic rings. The minimum Gasteiger partial charge on any atom is -0.544 e. The molecule has 3 amide bonds. The summed E-state index contributed by atoms with van der Waals surface area (Å²) in [6, 6.07) is -2.90. The minimum absolute atomic E-state index is 0. The van der Waals surface area contributed by atoms with Gasteiger partial charge in [0.25, 0.3) is 0 Å². The number of ether oxygens (including phenoxy) is 6. The number of amides is 3. The van der Waals surface area contributed by atoms with E-state index in [2.05, 4.69) is 17.2 Å². The van der Waals surface area contributed by atoms with E-state index in [-0.39, 0.29) is 61.8 Å². The quantitative estimate of drug-likeness (QED) is 0.0257. The van der Waals surface area contributed by atoms with Crippen molar-refractivity contribution in [3.05, 3.63) is 12.7 Å². The number of carbonyl (C=O) groups excluding carboxylic acids is 4. The summed E-state index contributed by atoms with van der Waals surface area (Å²) in [5, 5.41) is 135. The monoisotopic (exact) mass is 963 g/mol. The van der Waals surface area contributed by atoms with Crippen molar-refractivity contribution in [2.75, 3.05) is 33.0 Å². The van der Waals surface area contributed by atoms with Crippen LogP contribution in [0.1, 0.15) is 39.0 Å². The summed E-state index contributed by atoms with van der Waals surface area (Å²) < 4.78 is 70.2. The molecule has 14 N–H and O–H groups in total. The van der Waals surface area contributed by atoms with Crippen molar-refractivity contribution in [2.24, 2.45) is 0 Å². The molecule has 0 aromatic heterocycles. The second-order valence-electron chi connectivity index (χ2n) is 15.3. The van der Waals surface area contributed by atoms with Crippen molar-refractivity contribution >= 4 is 23.7 Å². The van der Waals surface area contributed by atoms with Crippen LogP contribution in [0.4, 0.5) is 13.2 Å². The number of nitrogens with one attached hydrogen (secondary N) is 3. The molecule has 0 aliphatic carbocycles. The number of aliphatic hydroxyl groups excluding tert-OH is 11. The second-order valence-corrected chi connectivity index (χ2v) is 15.3. The summed E-state index contributed by atoms with van der Waals surface area (Å²) in [7, 11) is 0. The number of aliphatic carboxylic acids is 1. The van der Waals surface area contributed by atoms with Crippen LogP contribution in [-0.2, 0) is 47.6 Å². The average molecular weight is 964 g/mol. The third kappa shape index (κ3) is 15.6. The molecule has 3 aliphatic heterocycles. The first-order chi connectivity index (χ1) is 30.0. The first-order valence-corrected chi connectivity index (χ1v) is 19.9. The fourth-order valence-corrected chi connectivity index (χ4v) is 7.03. The largest absolute Gasteiger partial charge is 1.00 e. The summed E-state index contributed by atoms with van der Waals surface area (Å²) in [5.74, 6) is -9.08. The number of carboxylic acid groups (broad SMARTS) is 1. The second kappa shape index (κ2) is 26.5. The van der Waals surface area contributed by atoms with Gasteiger partial charge in [-0.05, 0) is 12.8 Å². The number of hydrogen-bond acceptors (Lipinski definition) is 22. The van der Waals surface area contributed by atoms with E-state index in [9.17, 15) is 93.6 Å². The van der Waals surface area contributed by atoms with Crippen molar-refractivity contribution in [3.63, 3.8) is 0 Å². The van der Waals surface area contributed by atoms with Crippen LogP contribution in [0.2, 0.25) is 0 Å². The van der Waals surface area contributed by atoms with Gasteiger partial charge in [-0.3, -0.25) is 14.4 Å². The first kappa shape index (κ1) is 58.9. The van der Waals surface area contributed by atoms with Crippen LogP contribution in [0, 0.1) is 0 Å². The normalized spacial score (nSPS) is 34.8. The van der Waals surface area contributed by atoms with Gasteiger partial charge in [0, 0.05) is 26.3 Å². The topological polar surface area (TPSA) is 405 Å². The number of rotatable bonds is 23. The van der Waals surface area contributed by atoms with Crippen molar-refractivity contribution in [2.45, 2.75) is 155 Å². The van der Waals surface area contributed by atoms with Gasteiger partial charge >= 0.3 is 41.6 Å². The van der Waals surface area contributed by atoms with Gasteiger partial charge < -0.3 is 110 Å². The molecule has 0 spiro atoms. The van der Waals surface area contributed by atoms with Gasteiger partial charge in [0.15, 0.2) is 12.6 Å². The molecule has 0 bridgehead atoms. The van der Waals surface area contributed by atoms with E-state index in [1.165, 1.54) is 0 Å². The summed E-state index contributed by atoms with van der Waals surface area (Å²) >= 11 is 0. The van der Waals surface area contributed by atoms with Gasteiger partial charge in [-0.2, -0.15) is 13.2 Å². The van der Waals surface area contributed by atoms with E-state index in [0.717, 1.165) is 13.0 Å². The molecule has 3 rings (SSSR count). The zero-order chi connectivity index (χ0) is 48.3. The van der Waals surface area contributed by atoms with Crippen LogP contribution in [0.15, 0.2) is 12.7 Å². The van der Waals surface area contributed by atoms with Crippen LogP contribution in [0.5, 0.6) is 0 Å². The van der Waals surface area contributed by atoms with Crippen molar-refractivity contribution in [3.8, 4) is 0 Å². The van der Waals surface area contributed by atoms with Crippen LogP contribution < -0.4 is 50.6 Å². The van der Waals surface area contributed by atoms with Crippen LogP contribution in [0.25, 0.3) is 0 Å². The molecule has 3 heterocycles. The summed E-state index contributed by atoms with van der Waals surface area (Å²) in [6.07, 6.45) is -34.7. The molecule has 25 nitrogen and oxygen atoms in total. The van der Waals surface area contributed by atoms with E-state index in [1.807, 2.05) is 0 Å². The molecule has 29 heteroatoms. The fraction of sp³-hybridized carbons (Fsp3) is 0.833. The maximum absolute atomic E-state index is 12.7. The Kier molecular flexibility index (Phi) is 24.0. The van der Waals surface area contributed by atoms with Gasteiger partial charge in [0.2, 0.25) is 17.6 Å². The Morgan fingerprint density at radius 3 is 2.09 bits per heavy atom. The number of unbranched alkanes of at least 4 members (excludes halogenated alkanes) is 2. The number of carbonyl (C=O) groups is 4. The third-order valence-corrected chi connectivity index (χ3v) is 10.5. The predicted molar refractivity (Wildman–Crippen MR) is 197 cm³/mol. The van der Waals surface area contributed by atoms with Gasteiger partial charge in [0.1, 0.15) is 73.1 Å². The van der Waals surface area contributed by atoms with Gasteiger partial charge in [-0.15, -0.1) is 6.58 Å². The Balaban J connectivity index is 0.0000145. The van der Waals surface area contributed by atoms with E-state index in [1.54, 1.807) is 5.32 Å². The van der Waals surface area contributed by atoms with Gasteiger partial charge in [0.05, 0.1) is 50.7 Å². The summed E-state index contributed by atoms with van der Waals surface area (Å²) in [5.41, 5.74) is 0.